The van der Waals surface area contributed by atoms with Crippen molar-refractivity contribution >= 4 is 18.7 Å². The van der Waals surface area contributed by atoms with Gasteiger partial charge in [-0.05, 0) is 25.7 Å². The summed E-state index contributed by atoms with van der Waals surface area (Å²) in [7, 11) is -6.00. The highest BCUT2D eigenvalue weighted by atomic mass is 19.5. The molecule has 0 aliphatic heterocycles. The molecule has 1 N–H and O–H groups in total. The minimum atomic E-state index is -6.00. The molecule has 0 saturated carbocycles. The van der Waals surface area contributed by atoms with Crippen molar-refractivity contribution in [2.45, 2.75) is 60.3 Å². The van der Waals surface area contributed by atoms with Crippen LogP contribution in [0.4, 0.5) is 23.0 Å². The van der Waals surface area contributed by atoms with Crippen molar-refractivity contribution in [1.29, 1.82) is 0 Å². The Morgan fingerprint density at radius 2 is 1.46 bits per heavy atom. The summed E-state index contributed by atoms with van der Waals surface area (Å²) in [5, 5.41) is 0. The summed E-state index contributed by atoms with van der Waals surface area (Å²) in [5.41, 5.74) is 5.09. The summed E-state index contributed by atoms with van der Waals surface area (Å²) in [6.07, 6.45) is 2.06. The first-order valence-electron chi connectivity index (χ1n) is 8.78. The molecule has 0 saturated heterocycles. The van der Waals surface area contributed by atoms with Crippen LogP contribution in [0.15, 0.2) is 30.0 Å². The molecule has 26 heavy (non-hydrogen) atoms. The largest absolute Gasteiger partial charge is 0.673 e. The van der Waals surface area contributed by atoms with Gasteiger partial charge in [-0.2, -0.15) is 0 Å². The minimum absolute atomic E-state index is 0.496. The van der Waals surface area contributed by atoms with Gasteiger partial charge in [-0.3, -0.25) is 0 Å². The second-order valence-electron chi connectivity index (χ2n) is 6.61. The second-order valence-corrected chi connectivity index (χ2v) is 6.61. The molecule has 0 aromatic heterocycles. The van der Waals surface area contributed by atoms with E-state index in [2.05, 4.69) is 63.9 Å². The Hall–Kier alpha value is -1.79. The van der Waals surface area contributed by atoms with Crippen molar-refractivity contribution in [3.05, 3.63) is 41.2 Å². The van der Waals surface area contributed by atoms with E-state index in [0.29, 0.717) is 18.4 Å². The van der Waals surface area contributed by atoms with Crippen LogP contribution in [0.3, 0.4) is 0 Å². The fraction of sp³-hybridized carbons (Fsp3) is 0.526. The van der Waals surface area contributed by atoms with Crippen molar-refractivity contribution in [3.8, 4) is 0 Å². The maximum atomic E-state index is 9.75. The average Bonchev–Trinajstić information content (AvgIpc) is 2.45. The molecule has 0 heterocycles. The Kier molecular flexibility index (Phi) is 10.3. The summed E-state index contributed by atoms with van der Waals surface area (Å²) >= 11 is 0. The minimum Gasteiger partial charge on any atom is -0.498 e. The molecule has 1 rings (SSSR count). The lowest BCUT2D eigenvalue weighted by atomic mass is 9.93. The molecule has 1 aromatic carbocycles. The highest BCUT2D eigenvalue weighted by Gasteiger charge is 2.20. The van der Waals surface area contributed by atoms with E-state index < -0.39 is 7.25 Å². The molecule has 0 aliphatic carbocycles. The van der Waals surface area contributed by atoms with Gasteiger partial charge in [0, 0.05) is 24.1 Å². The van der Waals surface area contributed by atoms with E-state index >= 15 is 0 Å². The Balaban J connectivity index is 0.00000110. The van der Waals surface area contributed by atoms with Crippen LogP contribution in [-0.4, -0.2) is 19.6 Å². The first-order valence-corrected chi connectivity index (χ1v) is 8.78. The molecule has 0 amide bonds. The molecule has 0 unspecified atom stereocenters. The number of hydrogen-bond acceptors (Lipinski definition) is 1. The molecule has 0 spiro atoms. The molecule has 2 nitrogen and oxygen atoms in total. The van der Waals surface area contributed by atoms with Crippen LogP contribution in [0, 0.1) is 0 Å². The lowest BCUT2D eigenvalue weighted by Crippen LogP contribution is -2.66. The highest BCUT2D eigenvalue weighted by molar-refractivity contribution is 6.50. The maximum absolute atomic E-state index is 9.75. The smallest absolute Gasteiger partial charge is 0.498 e. The quantitative estimate of drug-likeness (QED) is 0.308. The number of hydrogen-bond donors (Lipinski definition) is 1. The predicted octanol–water partition coefficient (Wildman–Crippen LogP) is 5.35. The summed E-state index contributed by atoms with van der Waals surface area (Å²) in [6.45, 7) is 15.7. The van der Waals surface area contributed by atoms with E-state index in [4.69, 9.17) is 4.74 Å². The van der Waals surface area contributed by atoms with Gasteiger partial charge < -0.3 is 22.0 Å². The number of halogens is 4. The van der Waals surface area contributed by atoms with Crippen molar-refractivity contribution in [3.63, 3.8) is 0 Å². The van der Waals surface area contributed by atoms with Crippen molar-refractivity contribution in [2.75, 3.05) is 6.61 Å². The van der Waals surface area contributed by atoms with Crippen molar-refractivity contribution < 1.29 is 27.0 Å². The zero-order valence-corrected chi connectivity index (χ0v) is 16.7. The van der Waals surface area contributed by atoms with Crippen LogP contribution in [-0.2, 0) is 4.74 Å². The zero-order valence-electron chi connectivity index (χ0n) is 16.7. The number of allylic oxidation sites excluding steroid dienone is 2. The number of nitrogens with one attached hydrogen (secondary N) is 1. The number of rotatable bonds is 6. The standard InChI is InChI=1S/C19H29NO.BF4/c1-8-21-16(7)12-15(6)20-19-17(13(2)3)10-9-11-18(19)14(4)5;2-1(3,4)5/h9-14H,8H2,1-7H3;/q;-1/p+1/b16-12-,20-15?;. The molecule has 0 radical (unpaired) electrons. The third-order valence-electron chi connectivity index (χ3n) is 3.49. The summed E-state index contributed by atoms with van der Waals surface area (Å²) in [5.74, 6) is 1.93. The topological polar surface area (TPSA) is 23.2 Å². The molecular formula is C19H30BF4NO. The van der Waals surface area contributed by atoms with Gasteiger partial charge in [0.2, 0.25) is 5.69 Å². The van der Waals surface area contributed by atoms with E-state index in [-0.39, 0.29) is 0 Å². The predicted molar refractivity (Wildman–Crippen MR) is 101 cm³/mol. The monoisotopic (exact) mass is 375 g/mol. The molecule has 1 aromatic rings. The van der Waals surface area contributed by atoms with Gasteiger partial charge in [-0.1, -0.05) is 45.9 Å². The Bertz CT molecular complexity index is 590. The van der Waals surface area contributed by atoms with Gasteiger partial charge in [-0.25, -0.2) is 4.99 Å². The Labute approximate surface area is 154 Å². The van der Waals surface area contributed by atoms with Crippen LogP contribution in [0.1, 0.15) is 71.4 Å². The maximum Gasteiger partial charge on any atom is 0.673 e. The average molecular weight is 375 g/mol. The molecule has 0 bridgehead atoms. The van der Waals surface area contributed by atoms with E-state index in [0.717, 1.165) is 11.5 Å². The fourth-order valence-electron chi connectivity index (χ4n) is 2.50. The van der Waals surface area contributed by atoms with E-state index in [1.165, 1.54) is 16.8 Å². The second kappa shape index (κ2) is 11.0. The summed E-state index contributed by atoms with van der Waals surface area (Å²) in [4.78, 5) is 3.59. The molecular weight excluding hydrogens is 345 g/mol. The van der Waals surface area contributed by atoms with Gasteiger partial charge in [0.15, 0.2) is 5.71 Å². The first-order chi connectivity index (χ1) is 11.9. The molecule has 0 fully saturated rings. The third-order valence-corrected chi connectivity index (χ3v) is 3.49. The molecule has 7 heteroatoms. The third kappa shape index (κ3) is 10.3. The summed E-state index contributed by atoms with van der Waals surface area (Å²) in [6, 6.07) is 6.59. The van der Waals surface area contributed by atoms with Crippen LogP contribution < -0.4 is 4.99 Å². The van der Waals surface area contributed by atoms with Crippen LogP contribution in [0.25, 0.3) is 0 Å². The number of benzene rings is 1. The Morgan fingerprint density at radius 3 is 1.81 bits per heavy atom. The highest BCUT2D eigenvalue weighted by Crippen LogP contribution is 2.28. The molecule has 148 valence electrons. The van der Waals surface area contributed by atoms with Gasteiger partial charge in [0.05, 0.1) is 12.4 Å². The van der Waals surface area contributed by atoms with Gasteiger partial charge in [0.1, 0.15) is 0 Å². The summed E-state index contributed by atoms with van der Waals surface area (Å²) < 4.78 is 44.5. The number of para-hydroxylation sites is 1. The normalized spacial score (nSPS) is 13.0. The van der Waals surface area contributed by atoms with Crippen molar-refractivity contribution in [2.24, 2.45) is 0 Å². The molecule has 0 aliphatic rings. The van der Waals surface area contributed by atoms with Gasteiger partial charge >= 0.3 is 7.25 Å². The SMILES string of the molecule is CCO/C(C)=C\C(C)=[NH+]c1c(C(C)C)cccc1C(C)C.F[B-](F)(F)F. The van der Waals surface area contributed by atoms with E-state index in [9.17, 15) is 17.3 Å². The number of ether oxygens (including phenoxy) is 1. The van der Waals surface area contributed by atoms with Crippen molar-refractivity contribution in [1.82, 2.24) is 0 Å². The molecule has 0 atom stereocenters. The Morgan fingerprint density at radius 1 is 1.04 bits per heavy atom. The van der Waals surface area contributed by atoms with Crippen LogP contribution in [0.5, 0.6) is 0 Å². The lowest BCUT2D eigenvalue weighted by molar-refractivity contribution is -0.355. The first kappa shape index (κ1) is 24.2. The van der Waals surface area contributed by atoms with Gasteiger partial charge in [0.25, 0.3) is 0 Å². The van der Waals surface area contributed by atoms with Gasteiger partial charge in [-0.15, -0.1) is 0 Å². The van der Waals surface area contributed by atoms with Crippen LogP contribution >= 0.6 is 0 Å². The fourth-order valence-corrected chi connectivity index (χ4v) is 2.50. The van der Waals surface area contributed by atoms with E-state index in [1.54, 1.807) is 0 Å². The lowest BCUT2D eigenvalue weighted by Gasteiger charge is -2.12. The van der Waals surface area contributed by atoms with Crippen LogP contribution in [0.2, 0.25) is 0 Å². The van der Waals surface area contributed by atoms with E-state index in [1.807, 2.05) is 13.8 Å². The zero-order chi connectivity index (χ0) is 20.5.